The molecule has 8 heteroatoms. The number of fused-ring (bicyclic) bond motifs is 3. The van der Waals surface area contributed by atoms with Gasteiger partial charge in [0.2, 0.25) is 0 Å². The minimum Gasteiger partial charge on any atom is -0.439 e. The second-order valence-electron chi connectivity index (χ2n) is 5.59. The number of carbonyl (C=O) groups is 1. The van der Waals surface area contributed by atoms with Gasteiger partial charge >= 0.3 is 12.1 Å². The number of esters is 1. The van der Waals surface area contributed by atoms with Crippen molar-refractivity contribution in [3.63, 3.8) is 0 Å². The number of carbonyl (C=O) groups excluding carboxylic acids is 1. The molecule has 1 aromatic carbocycles. The van der Waals surface area contributed by atoms with Crippen LogP contribution in [0.4, 0.5) is 13.2 Å². The Morgan fingerprint density at radius 3 is 2.91 bits per heavy atom. The first-order valence-corrected chi connectivity index (χ1v) is 7.44. The summed E-state index contributed by atoms with van der Waals surface area (Å²) in [5.41, 5.74) is 0.972. The molecule has 0 amide bonds. The van der Waals surface area contributed by atoms with Gasteiger partial charge in [0.15, 0.2) is 6.23 Å². The van der Waals surface area contributed by atoms with Gasteiger partial charge in [-0.15, -0.1) is 0 Å². The number of benzene rings is 1. The Hall–Kier alpha value is -1.12. The maximum absolute atomic E-state index is 12.4. The van der Waals surface area contributed by atoms with Crippen molar-refractivity contribution in [3.05, 3.63) is 33.8 Å². The summed E-state index contributed by atoms with van der Waals surface area (Å²) in [4.78, 5) is 11.1. The third kappa shape index (κ3) is 2.53. The average Bonchev–Trinajstić information content (AvgIpc) is 2.75. The van der Waals surface area contributed by atoms with E-state index in [1.54, 1.807) is 13.0 Å². The molecule has 0 bridgehead atoms. The molecule has 4 nitrogen and oxygen atoms in total. The average molecular weight is 380 g/mol. The Labute approximate surface area is 133 Å². The van der Waals surface area contributed by atoms with Gasteiger partial charge in [0.1, 0.15) is 0 Å². The molecule has 1 saturated heterocycles. The number of halogens is 4. The van der Waals surface area contributed by atoms with Crippen LogP contribution in [-0.2, 0) is 20.9 Å². The maximum Gasteiger partial charge on any atom is 0.490 e. The monoisotopic (exact) mass is 379 g/mol. The lowest BCUT2D eigenvalue weighted by Crippen LogP contribution is -2.43. The molecule has 1 fully saturated rings. The summed E-state index contributed by atoms with van der Waals surface area (Å²) in [5.74, 6) is -2.70. The van der Waals surface area contributed by atoms with Crippen LogP contribution in [0.5, 0.6) is 0 Å². The molecule has 0 aromatic heterocycles. The fourth-order valence-electron chi connectivity index (χ4n) is 3.03. The molecule has 3 unspecified atom stereocenters. The molecule has 1 aromatic rings. The van der Waals surface area contributed by atoms with E-state index in [9.17, 15) is 18.0 Å². The van der Waals surface area contributed by atoms with Crippen molar-refractivity contribution >= 4 is 21.9 Å². The van der Waals surface area contributed by atoms with Gasteiger partial charge in [-0.3, -0.25) is 5.32 Å². The third-order valence-electron chi connectivity index (χ3n) is 4.12. The first-order valence-electron chi connectivity index (χ1n) is 6.65. The van der Waals surface area contributed by atoms with Crippen LogP contribution in [0.15, 0.2) is 22.7 Å². The second kappa shape index (κ2) is 5.21. The van der Waals surface area contributed by atoms with Gasteiger partial charge in [-0.05, 0) is 24.1 Å². The first-order chi connectivity index (χ1) is 10.2. The summed E-state index contributed by atoms with van der Waals surface area (Å²) in [5, 5.41) is 2.82. The number of ether oxygens (including phenoxy) is 2. The van der Waals surface area contributed by atoms with Crippen LogP contribution in [0.2, 0.25) is 0 Å². The van der Waals surface area contributed by atoms with Gasteiger partial charge in [0, 0.05) is 11.0 Å². The predicted octanol–water partition coefficient (Wildman–Crippen LogP) is 2.86. The van der Waals surface area contributed by atoms with Crippen LogP contribution < -0.4 is 5.32 Å². The summed E-state index contributed by atoms with van der Waals surface area (Å²) < 4.78 is 48.6. The lowest BCUT2D eigenvalue weighted by Gasteiger charge is -2.38. The number of nitrogens with one attached hydrogen (secondary N) is 1. The lowest BCUT2D eigenvalue weighted by atomic mass is 9.80. The molecule has 3 rings (SSSR count). The van der Waals surface area contributed by atoms with Gasteiger partial charge in [0.25, 0.3) is 0 Å². The molecule has 2 aliphatic rings. The van der Waals surface area contributed by atoms with Crippen LogP contribution >= 0.6 is 15.9 Å². The first kappa shape index (κ1) is 15.8. The zero-order valence-corrected chi connectivity index (χ0v) is 13.1. The Kier molecular flexibility index (Phi) is 3.73. The van der Waals surface area contributed by atoms with Crippen LogP contribution in [0.25, 0.3) is 0 Å². The van der Waals surface area contributed by atoms with Crippen molar-refractivity contribution < 1.29 is 27.4 Å². The van der Waals surface area contributed by atoms with Gasteiger partial charge in [-0.2, -0.15) is 13.2 Å². The highest BCUT2D eigenvalue weighted by atomic mass is 79.9. The quantitative estimate of drug-likeness (QED) is 0.762. The number of hydrogen-bond acceptors (Lipinski definition) is 4. The topological polar surface area (TPSA) is 47.6 Å². The molecule has 2 heterocycles. The summed E-state index contributed by atoms with van der Waals surface area (Å²) in [6.45, 7) is 2.46. The van der Waals surface area contributed by atoms with E-state index in [2.05, 4.69) is 26.0 Å². The Morgan fingerprint density at radius 2 is 2.23 bits per heavy atom. The fraction of sp³-hybridized carbons (Fsp3) is 0.500. The molecule has 2 aliphatic heterocycles. The van der Waals surface area contributed by atoms with E-state index in [1.807, 2.05) is 12.1 Å². The zero-order valence-electron chi connectivity index (χ0n) is 11.5. The van der Waals surface area contributed by atoms with Crippen molar-refractivity contribution in [1.82, 2.24) is 5.32 Å². The van der Waals surface area contributed by atoms with E-state index < -0.39 is 29.9 Å². The molecule has 0 radical (unpaired) electrons. The van der Waals surface area contributed by atoms with Crippen molar-refractivity contribution in [2.75, 3.05) is 6.54 Å². The molecule has 120 valence electrons. The SMILES string of the molecule is CC12CNC(OC(=O)C(F)(F)F)C1c1cccc(Br)c1CO2. The molecule has 0 spiro atoms. The molecule has 0 aliphatic carbocycles. The smallest absolute Gasteiger partial charge is 0.439 e. The van der Waals surface area contributed by atoms with Crippen LogP contribution in [-0.4, -0.2) is 30.5 Å². The minimum atomic E-state index is -5.02. The van der Waals surface area contributed by atoms with E-state index in [4.69, 9.17) is 4.74 Å². The molecular formula is C14H13BrF3NO3. The van der Waals surface area contributed by atoms with Gasteiger partial charge in [0.05, 0.1) is 18.1 Å². The summed E-state index contributed by atoms with van der Waals surface area (Å²) in [6, 6.07) is 5.46. The molecular weight excluding hydrogens is 367 g/mol. The van der Waals surface area contributed by atoms with E-state index in [0.717, 1.165) is 15.6 Å². The highest BCUT2D eigenvalue weighted by molar-refractivity contribution is 9.10. The van der Waals surface area contributed by atoms with Crippen molar-refractivity contribution in [1.29, 1.82) is 0 Å². The largest absolute Gasteiger partial charge is 0.490 e. The van der Waals surface area contributed by atoms with E-state index in [-0.39, 0.29) is 0 Å². The van der Waals surface area contributed by atoms with E-state index in [0.29, 0.717) is 13.2 Å². The molecule has 1 N–H and O–H groups in total. The van der Waals surface area contributed by atoms with Crippen molar-refractivity contribution in [3.8, 4) is 0 Å². The predicted molar refractivity (Wildman–Crippen MR) is 74.0 cm³/mol. The zero-order chi connectivity index (χ0) is 16.1. The number of alkyl halides is 3. The molecule has 0 saturated carbocycles. The van der Waals surface area contributed by atoms with E-state index >= 15 is 0 Å². The van der Waals surface area contributed by atoms with Crippen LogP contribution in [0.1, 0.15) is 24.0 Å². The minimum absolute atomic E-state index is 0.305. The fourth-order valence-corrected chi connectivity index (χ4v) is 3.53. The van der Waals surface area contributed by atoms with Crippen LogP contribution in [0.3, 0.4) is 0 Å². The standard InChI is InChI=1S/C14H13BrF3NO3/c1-13-6-19-11(22-12(20)14(16,17)18)10(13)7-3-2-4-9(15)8(7)5-21-13/h2-4,10-11,19H,5-6H2,1H3. The molecule has 3 atom stereocenters. The lowest BCUT2D eigenvalue weighted by molar-refractivity contribution is -0.207. The Bertz CT molecular complexity index is 622. The summed E-state index contributed by atoms with van der Waals surface area (Å²) >= 11 is 3.41. The molecule has 22 heavy (non-hydrogen) atoms. The third-order valence-corrected chi connectivity index (χ3v) is 4.86. The maximum atomic E-state index is 12.4. The number of rotatable bonds is 1. The van der Waals surface area contributed by atoms with Gasteiger partial charge in [-0.1, -0.05) is 28.1 Å². The van der Waals surface area contributed by atoms with Crippen LogP contribution in [0, 0.1) is 0 Å². The van der Waals surface area contributed by atoms with E-state index in [1.165, 1.54) is 0 Å². The highest BCUT2D eigenvalue weighted by Crippen LogP contribution is 2.46. The van der Waals surface area contributed by atoms with Crippen molar-refractivity contribution in [2.24, 2.45) is 0 Å². The summed E-state index contributed by atoms with van der Waals surface area (Å²) in [7, 11) is 0. The van der Waals surface area contributed by atoms with Gasteiger partial charge < -0.3 is 9.47 Å². The Morgan fingerprint density at radius 1 is 1.50 bits per heavy atom. The normalized spacial score (nSPS) is 30.6. The Balaban J connectivity index is 1.95. The van der Waals surface area contributed by atoms with Crippen molar-refractivity contribution in [2.45, 2.75) is 37.5 Å². The van der Waals surface area contributed by atoms with Gasteiger partial charge in [-0.25, -0.2) is 4.79 Å². The second-order valence-corrected chi connectivity index (χ2v) is 6.45. The number of hydrogen-bond donors (Lipinski definition) is 1. The highest BCUT2D eigenvalue weighted by Gasteiger charge is 2.54. The summed E-state index contributed by atoms with van der Waals surface area (Å²) in [6.07, 6.45) is -6.09.